The van der Waals surface area contributed by atoms with Crippen molar-refractivity contribution in [3.63, 3.8) is 0 Å². The third-order valence-electron chi connectivity index (χ3n) is 11.4. The fraction of sp³-hybridized carbons (Fsp3) is 0.833. The molecule has 6 heteroatoms. The van der Waals surface area contributed by atoms with E-state index < -0.39 is 6.10 Å². The molecule has 0 amide bonds. The molecule has 1 unspecified atom stereocenters. The maximum atomic E-state index is 12.8. The monoisotopic (exact) mass is 843 g/mol. The molecule has 0 N–H and O–H groups in total. The maximum Gasteiger partial charge on any atom is 0.306 e. The molecule has 0 rings (SSSR count). The number of unbranched alkanes of at least 4 members (excludes halogenated alkanes) is 30. The third-order valence-corrected chi connectivity index (χ3v) is 11.4. The van der Waals surface area contributed by atoms with Gasteiger partial charge in [-0.05, 0) is 70.6 Å². The Morgan fingerprint density at radius 3 is 1.02 bits per heavy atom. The van der Waals surface area contributed by atoms with Gasteiger partial charge in [-0.3, -0.25) is 14.4 Å². The number of carbonyl (C=O) groups excluding carboxylic acids is 3. The van der Waals surface area contributed by atoms with Crippen molar-refractivity contribution in [1.82, 2.24) is 0 Å². The van der Waals surface area contributed by atoms with Crippen LogP contribution in [0.5, 0.6) is 0 Å². The molecule has 1 atom stereocenters. The summed E-state index contributed by atoms with van der Waals surface area (Å²) < 4.78 is 16.8. The Morgan fingerprint density at radius 1 is 0.333 bits per heavy atom. The Morgan fingerprint density at radius 2 is 0.617 bits per heavy atom. The van der Waals surface area contributed by atoms with E-state index in [1.165, 1.54) is 141 Å². The average molecular weight is 843 g/mol. The van der Waals surface area contributed by atoms with E-state index in [2.05, 4.69) is 57.2 Å². The zero-order valence-electron chi connectivity index (χ0n) is 40.0. The molecule has 350 valence electrons. The van der Waals surface area contributed by atoms with Crippen LogP contribution in [0.1, 0.15) is 271 Å². The number of allylic oxidation sites excluding steroid dienone is 6. The fourth-order valence-corrected chi connectivity index (χ4v) is 7.39. The lowest BCUT2D eigenvalue weighted by Crippen LogP contribution is -2.30. The molecule has 60 heavy (non-hydrogen) atoms. The van der Waals surface area contributed by atoms with Crippen molar-refractivity contribution in [2.45, 2.75) is 277 Å². The van der Waals surface area contributed by atoms with Crippen LogP contribution in [0, 0.1) is 0 Å². The second kappa shape index (κ2) is 49.3. The molecule has 0 aromatic rings. The summed E-state index contributed by atoms with van der Waals surface area (Å²) in [4.78, 5) is 37.9. The van der Waals surface area contributed by atoms with E-state index >= 15 is 0 Å². The highest BCUT2D eigenvalue weighted by Crippen LogP contribution is 2.15. The molecule has 0 saturated heterocycles. The van der Waals surface area contributed by atoms with Crippen molar-refractivity contribution in [1.29, 1.82) is 0 Å². The number of hydrogen-bond donors (Lipinski definition) is 0. The van der Waals surface area contributed by atoms with Crippen molar-refractivity contribution < 1.29 is 28.6 Å². The molecule has 0 aliphatic heterocycles. The van der Waals surface area contributed by atoms with Gasteiger partial charge in [-0.1, -0.05) is 218 Å². The van der Waals surface area contributed by atoms with Crippen LogP contribution in [-0.4, -0.2) is 37.2 Å². The number of esters is 3. The van der Waals surface area contributed by atoms with Gasteiger partial charge in [0, 0.05) is 19.3 Å². The second-order valence-electron chi connectivity index (χ2n) is 17.4. The van der Waals surface area contributed by atoms with E-state index in [4.69, 9.17) is 14.2 Å². The van der Waals surface area contributed by atoms with E-state index in [9.17, 15) is 14.4 Å². The first-order valence-corrected chi connectivity index (χ1v) is 26.0. The van der Waals surface area contributed by atoms with Crippen LogP contribution in [0.4, 0.5) is 0 Å². The normalized spacial score (nSPS) is 12.2. The Kier molecular flexibility index (Phi) is 47.3. The van der Waals surface area contributed by atoms with Gasteiger partial charge < -0.3 is 14.2 Å². The van der Waals surface area contributed by atoms with Crippen LogP contribution >= 0.6 is 0 Å². The quantitative estimate of drug-likeness (QED) is 0.0263. The summed E-state index contributed by atoms with van der Waals surface area (Å²) in [6, 6.07) is 0. The smallest absolute Gasteiger partial charge is 0.306 e. The summed E-state index contributed by atoms with van der Waals surface area (Å²) in [5, 5.41) is 0. The molecule has 0 aromatic carbocycles. The van der Waals surface area contributed by atoms with Gasteiger partial charge in [0.2, 0.25) is 0 Å². The first-order valence-electron chi connectivity index (χ1n) is 26.0. The summed E-state index contributed by atoms with van der Waals surface area (Å²) in [5.41, 5.74) is 0. The number of hydrogen-bond acceptors (Lipinski definition) is 6. The predicted octanol–water partition coefficient (Wildman–Crippen LogP) is 16.9. The number of ether oxygens (including phenoxy) is 3. The van der Waals surface area contributed by atoms with Gasteiger partial charge in [-0.15, -0.1) is 0 Å². The molecule has 0 heterocycles. The molecule has 0 bridgehead atoms. The minimum atomic E-state index is -0.775. The first kappa shape index (κ1) is 57.6. The molecule has 0 aliphatic carbocycles. The van der Waals surface area contributed by atoms with Crippen LogP contribution < -0.4 is 0 Å². The van der Waals surface area contributed by atoms with E-state index in [1.54, 1.807) is 0 Å². The average Bonchev–Trinajstić information content (AvgIpc) is 3.24. The van der Waals surface area contributed by atoms with Crippen molar-refractivity contribution in [3.8, 4) is 0 Å². The lowest BCUT2D eigenvalue weighted by molar-refractivity contribution is -0.167. The SMILES string of the molecule is CCCC/C=C\CCCCCCC(=O)OCC(COC(=O)CCCCCCCCC/C=C\C/C=C\CCCCC)OC(=O)CCCCCCCCCCCCCCCCC. The minimum absolute atomic E-state index is 0.0772. The molecule has 0 aliphatic rings. The minimum Gasteiger partial charge on any atom is -0.462 e. The topological polar surface area (TPSA) is 78.9 Å². The van der Waals surface area contributed by atoms with E-state index in [0.717, 1.165) is 89.9 Å². The van der Waals surface area contributed by atoms with Crippen molar-refractivity contribution >= 4 is 17.9 Å². The summed E-state index contributed by atoms with van der Waals surface area (Å²) in [5.74, 6) is -0.888. The molecule has 0 spiro atoms. The zero-order valence-corrected chi connectivity index (χ0v) is 40.0. The Balaban J connectivity index is 4.33. The van der Waals surface area contributed by atoms with Gasteiger partial charge in [0.05, 0.1) is 0 Å². The summed E-state index contributed by atoms with van der Waals surface area (Å²) in [6.07, 6.45) is 57.0. The summed E-state index contributed by atoms with van der Waals surface area (Å²) >= 11 is 0. The van der Waals surface area contributed by atoms with Gasteiger partial charge in [-0.2, -0.15) is 0 Å². The van der Waals surface area contributed by atoms with Crippen LogP contribution in [0.2, 0.25) is 0 Å². The van der Waals surface area contributed by atoms with Gasteiger partial charge >= 0.3 is 17.9 Å². The summed E-state index contributed by atoms with van der Waals surface area (Å²) in [6.45, 7) is 6.57. The van der Waals surface area contributed by atoms with Crippen LogP contribution in [0.25, 0.3) is 0 Å². The highest BCUT2D eigenvalue weighted by atomic mass is 16.6. The Bertz CT molecular complexity index is 1020. The predicted molar refractivity (Wildman–Crippen MR) is 256 cm³/mol. The van der Waals surface area contributed by atoms with Crippen molar-refractivity contribution in [2.24, 2.45) is 0 Å². The molecular formula is C54H98O6. The van der Waals surface area contributed by atoms with Gasteiger partial charge in [0.15, 0.2) is 6.10 Å². The van der Waals surface area contributed by atoms with E-state index in [-0.39, 0.29) is 31.1 Å². The van der Waals surface area contributed by atoms with Gasteiger partial charge in [0.1, 0.15) is 13.2 Å². The highest BCUT2D eigenvalue weighted by Gasteiger charge is 2.19. The Hall–Kier alpha value is -2.37. The van der Waals surface area contributed by atoms with Crippen molar-refractivity contribution in [3.05, 3.63) is 36.5 Å². The lowest BCUT2D eigenvalue weighted by Gasteiger charge is -2.18. The van der Waals surface area contributed by atoms with E-state index in [0.29, 0.717) is 19.3 Å². The number of carbonyl (C=O) groups is 3. The molecular weight excluding hydrogens is 745 g/mol. The second-order valence-corrected chi connectivity index (χ2v) is 17.4. The summed E-state index contributed by atoms with van der Waals surface area (Å²) in [7, 11) is 0. The standard InChI is InChI=1S/C54H98O6/c1-4-7-10-13-16-19-22-24-26-27-29-30-32-35-38-41-44-47-53(56)59-50-51(49-58-52(55)46-43-40-37-34-21-18-15-12-9-6-3)60-54(57)48-45-42-39-36-33-31-28-25-23-20-17-14-11-8-5-2/h15-16,18-19,24,26,51H,4-14,17,20-23,25,27-50H2,1-3H3/b18-15-,19-16-,26-24-. The largest absolute Gasteiger partial charge is 0.462 e. The number of rotatable bonds is 47. The zero-order chi connectivity index (χ0) is 43.7. The van der Waals surface area contributed by atoms with Crippen LogP contribution in [-0.2, 0) is 28.6 Å². The molecule has 0 radical (unpaired) electrons. The molecule has 6 nitrogen and oxygen atoms in total. The molecule has 0 saturated carbocycles. The fourth-order valence-electron chi connectivity index (χ4n) is 7.39. The van der Waals surface area contributed by atoms with E-state index in [1.807, 2.05) is 0 Å². The van der Waals surface area contributed by atoms with Crippen molar-refractivity contribution in [2.75, 3.05) is 13.2 Å². The lowest BCUT2D eigenvalue weighted by atomic mass is 10.0. The van der Waals surface area contributed by atoms with Gasteiger partial charge in [0.25, 0.3) is 0 Å². The third kappa shape index (κ3) is 46.7. The molecule has 0 aromatic heterocycles. The molecule has 0 fully saturated rings. The Labute approximate surface area is 372 Å². The van der Waals surface area contributed by atoms with Crippen LogP contribution in [0.15, 0.2) is 36.5 Å². The highest BCUT2D eigenvalue weighted by molar-refractivity contribution is 5.71. The van der Waals surface area contributed by atoms with Crippen LogP contribution in [0.3, 0.4) is 0 Å². The first-order chi connectivity index (χ1) is 29.5. The van der Waals surface area contributed by atoms with Gasteiger partial charge in [-0.25, -0.2) is 0 Å². The maximum absolute atomic E-state index is 12.8.